The molecule has 0 bridgehead atoms. The van der Waals surface area contributed by atoms with Crippen molar-refractivity contribution in [2.75, 3.05) is 32.7 Å². The van der Waals surface area contributed by atoms with Crippen LogP contribution in [0.15, 0.2) is 0 Å². The van der Waals surface area contributed by atoms with E-state index in [4.69, 9.17) is 0 Å². The molecular formula is C16H30N2O. The van der Waals surface area contributed by atoms with Crippen LogP contribution in [0.2, 0.25) is 0 Å². The fourth-order valence-electron chi connectivity index (χ4n) is 3.65. The Morgan fingerprint density at radius 2 is 1.63 bits per heavy atom. The fraction of sp³-hybridized carbons (Fsp3) is 0.938. The highest BCUT2D eigenvalue weighted by molar-refractivity contribution is 5.73. The highest BCUT2D eigenvalue weighted by Gasteiger charge is 2.26. The molecule has 110 valence electrons. The standard InChI is InChI=1S/C16H30N2O/c1-13(2)16-6-4-15(5-7-16)12-17-8-10-18(11-9-17)14(3)19/h13,15-16H,4-12H2,1-3H3. The number of carbonyl (C=O) groups excluding carboxylic acids is 1. The van der Waals surface area contributed by atoms with Gasteiger partial charge in [-0.2, -0.15) is 0 Å². The third-order valence-corrected chi connectivity index (χ3v) is 5.17. The molecule has 2 rings (SSSR count). The molecule has 0 spiro atoms. The molecule has 1 amide bonds. The van der Waals surface area contributed by atoms with Gasteiger partial charge in [-0.15, -0.1) is 0 Å². The van der Waals surface area contributed by atoms with E-state index in [0.29, 0.717) is 0 Å². The molecule has 0 aromatic rings. The molecule has 1 aliphatic heterocycles. The summed E-state index contributed by atoms with van der Waals surface area (Å²) in [5.74, 6) is 2.96. The van der Waals surface area contributed by atoms with Crippen LogP contribution < -0.4 is 0 Å². The van der Waals surface area contributed by atoms with Crippen molar-refractivity contribution < 1.29 is 4.79 Å². The third kappa shape index (κ3) is 4.20. The molecule has 1 saturated carbocycles. The molecule has 0 unspecified atom stereocenters. The number of carbonyl (C=O) groups is 1. The first-order chi connectivity index (χ1) is 9.06. The molecule has 2 fully saturated rings. The van der Waals surface area contributed by atoms with Gasteiger partial charge in [-0.3, -0.25) is 9.69 Å². The van der Waals surface area contributed by atoms with Gasteiger partial charge in [0, 0.05) is 39.6 Å². The molecule has 0 atom stereocenters. The monoisotopic (exact) mass is 266 g/mol. The van der Waals surface area contributed by atoms with Gasteiger partial charge in [0.2, 0.25) is 5.91 Å². The van der Waals surface area contributed by atoms with Crippen LogP contribution in [-0.4, -0.2) is 48.4 Å². The van der Waals surface area contributed by atoms with E-state index in [-0.39, 0.29) is 5.91 Å². The molecule has 1 heterocycles. The van der Waals surface area contributed by atoms with Gasteiger partial charge in [-0.05, 0) is 43.4 Å². The van der Waals surface area contributed by atoms with Crippen LogP contribution in [0, 0.1) is 17.8 Å². The zero-order valence-corrected chi connectivity index (χ0v) is 12.9. The summed E-state index contributed by atoms with van der Waals surface area (Å²) in [6, 6.07) is 0. The molecule has 3 nitrogen and oxygen atoms in total. The minimum atomic E-state index is 0.233. The summed E-state index contributed by atoms with van der Waals surface area (Å²) in [5.41, 5.74) is 0. The van der Waals surface area contributed by atoms with Crippen LogP contribution in [0.4, 0.5) is 0 Å². The molecule has 0 N–H and O–H groups in total. The molecule has 0 aromatic carbocycles. The van der Waals surface area contributed by atoms with E-state index in [9.17, 15) is 4.79 Å². The highest BCUT2D eigenvalue weighted by Crippen LogP contribution is 2.33. The maximum absolute atomic E-state index is 11.3. The summed E-state index contributed by atoms with van der Waals surface area (Å²) in [6.07, 6.45) is 5.68. The lowest BCUT2D eigenvalue weighted by Gasteiger charge is -2.38. The smallest absolute Gasteiger partial charge is 0.219 e. The zero-order valence-electron chi connectivity index (χ0n) is 12.9. The van der Waals surface area contributed by atoms with Crippen molar-refractivity contribution in [1.29, 1.82) is 0 Å². The third-order valence-electron chi connectivity index (χ3n) is 5.17. The lowest BCUT2D eigenvalue weighted by molar-refractivity contribution is -0.130. The van der Waals surface area contributed by atoms with Crippen LogP contribution >= 0.6 is 0 Å². The van der Waals surface area contributed by atoms with E-state index in [1.807, 2.05) is 4.90 Å². The number of hydrogen-bond donors (Lipinski definition) is 0. The van der Waals surface area contributed by atoms with Crippen molar-refractivity contribution in [2.24, 2.45) is 17.8 Å². The fourth-order valence-corrected chi connectivity index (χ4v) is 3.65. The van der Waals surface area contributed by atoms with Crippen molar-refractivity contribution in [3.8, 4) is 0 Å². The normalized spacial score (nSPS) is 29.8. The first kappa shape index (κ1) is 14.8. The second kappa shape index (κ2) is 6.74. The van der Waals surface area contributed by atoms with Crippen LogP contribution in [-0.2, 0) is 4.79 Å². The maximum Gasteiger partial charge on any atom is 0.219 e. The van der Waals surface area contributed by atoms with Crippen molar-refractivity contribution in [1.82, 2.24) is 9.80 Å². The quantitative estimate of drug-likeness (QED) is 0.784. The summed E-state index contributed by atoms with van der Waals surface area (Å²) in [5, 5.41) is 0. The van der Waals surface area contributed by atoms with E-state index < -0.39 is 0 Å². The van der Waals surface area contributed by atoms with Crippen LogP contribution in [0.3, 0.4) is 0 Å². The van der Waals surface area contributed by atoms with Crippen molar-refractivity contribution >= 4 is 5.91 Å². The van der Waals surface area contributed by atoms with Gasteiger partial charge in [-0.1, -0.05) is 13.8 Å². The molecule has 1 saturated heterocycles. The lowest BCUT2D eigenvalue weighted by Crippen LogP contribution is -2.49. The highest BCUT2D eigenvalue weighted by atomic mass is 16.2. The van der Waals surface area contributed by atoms with Crippen LogP contribution in [0.5, 0.6) is 0 Å². The predicted molar refractivity (Wildman–Crippen MR) is 79.0 cm³/mol. The van der Waals surface area contributed by atoms with Crippen LogP contribution in [0.25, 0.3) is 0 Å². The summed E-state index contributed by atoms with van der Waals surface area (Å²) in [6.45, 7) is 11.7. The minimum absolute atomic E-state index is 0.233. The number of nitrogens with zero attached hydrogens (tertiary/aromatic N) is 2. The van der Waals surface area contributed by atoms with E-state index >= 15 is 0 Å². The summed E-state index contributed by atoms with van der Waals surface area (Å²) in [7, 11) is 0. The van der Waals surface area contributed by atoms with Gasteiger partial charge in [0.15, 0.2) is 0 Å². The van der Waals surface area contributed by atoms with Gasteiger partial charge in [0.25, 0.3) is 0 Å². The Morgan fingerprint density at radius 1 is 1.05 bits per heavy atom. The number of rotatable bonds is 3. The number of piperazine rings is 1. The van der Waals surface area contributed by atoms with Crippen molar-refractivity contribution in [3.05, 3.63) is 0 Å². The molecule has 2 aliphatic rings. The van der Waals surface area contributed by atoms with Gasteiger partial charge < -0.3 is 4.90 Å². The largest absolute Gasteiger partial charge is 0.340 e. The first-order valence-electron chi connectivity index (χ1n) is 8.04. The Bertz CT molecular complexity index is 287. The van der Waals surface area contributed by atoms with Crippen LogP contribution in [0.1, 0.15) is 46.5 Å². The Morgan fingerprint density at radius 3 is 2.11 bits per heavy atom. The summed E-state index contributed by atoms with van der Waals surface area (Å²) >= 11 is 0. The average Bonchev–Trinajstić information content (AvgIpc) is 2.40. The first-order valence-corrected chi connectivity index (χ1v) is 8.04. The molecule has 3 heteroatoms. The Balaban J connectivity index is 1.68. The van der Waals surface area contributed by atoms with E-state index in [0.717, 1.165) is 43.9 Å². The van der Waals surface area contributed by atoms with Gasteiger partial charge >= 0.3 is 0 Å². The number of amides is 1. The maximum atomic E-state index is 11.3. The Hall–Kier alpha value is -0.570. The topological polar surface area (TPSA) is 23.6 Å². The van der Waals surface area contributed by atoms with Crippen molar-refractivity contribution in [2.45, 2.75) is 46.5 Å². The second-order valence-corrected chi connectivity index (χ2v) is 6.83. The van der Waals surface area contributed by atoms with E-state index in [1.165, 1.54) is 32.2 Å². The SMILES string of the molecule is CC(=O)N1CCN(CC2CCC(C(C)C)CC2)CC1. The molecule has 0 radical (unpaired) electrons. The van der Waals surface area contributed by atoms with Gasteiger partial charge in [-0.25, -0.2) is 0 Å². The average molecular weight is 266 g/mol. The Kier molecular flexibility index (Phi) is 5.26. The van der Waals surface area contributed by atoms with Gasteiger partial charge in [0.1, 0.15) is 0 Å². The zero-order chi connectivity index (χ0) is 13.8. The van der Waals surface area contributed by atoms with E-state index in [1.54, 1.807) is 6.92 Å². The summed E-state index contributed by atoms with van der Waals surface area (Å²) < 4.78 is 0. The molecule has 1 aliphatic carbocycles. The lowest BCUT2D eigenvalue weighted by atomic mass is 9.77. The van der Waals surface area contributed by atoms with Gasteiger partial charge in [0.05, 0.1) is 0 Å². The Labute approximate surface area is 118 Å². The molecule has 19 heavy (non-hydrogen) atoms. The summed E-state index contributed by atoms with van der Waals surface area (Å²) in [4.78, 5) is 15.9. The molecule has 0 aromatic heterocycles. The predicted octanol–water partition coefficient (Wildman–Crippen LogP) is 2.61. The van der Waals surface area contributed by atoms with Crippen molar-refractivity contribution in [3.63, 3.8) is 0 Å². The van der Waals surface area contributed by atoms with E-state index in [2.05, 4.69) is 18.7 Å². The minimum Gasteiger partial charge on any atom is -0.340 e. The number of hydrogen-bond acceptors (Lipinski definition) is 2. The molecular weight excluding hydrogens is 236 g/mol. The second-order valence-electron chi connectivity index (χ2n) is 6.83.